The number of nitrogens with one attached hydrogen (secondary N) is 2. The van der Waals surface area contributed by atoms with Crippen LogP contribution >= 0.6 is 22.9 Å². The minimum atomic E-state index is -0.743. The monoisotopic (exact) mass is 517 g/mol. The van der Waals surface area contributed by atoms with E-state index in [-0.39, 0.29) is 36.1 Å². The van der Waals surface area contributed by atoms with E-state index >= 15 is 0 Å². The first-order valence-corrected chi connectivity index (χ1v) is 13.5. The summed E-state index contributed by atoms with van der Waals surface area (Å²) in [5, 5.41) is 9.45. The summed E-state index contributed by atoms with van der Waals surface area (Å²) in [6, 6.07) is 4.02. The Balaban J connectivity index is 1.43. The van der Waals surface area contributed by atoms with Gasteiger partial charge in [0.15, 0.2) is 11.4 Å². The lowest BCUT2D eigenvalue weighted by molar-refractivity contribution is -0.163. The second-order valence-corrected chi connectivity index (χ2v) is 11.1. The molecule has 10 heteroatoms. The van der Waals surface area contributed by atoms with Gasteiger partial charge in [0.25, 0.3) is 0 Å². The van der Waals surface area contributed by atoms with Gasteiger partial charge in [-0.05, 0) is 51.1 Å². The lowest BCUT2D eigenvalue weighted by Crippen LogP contribution is -2.37. The summed E-state index contributed by atoms with van der Waals surface area (Å²) in [6.45, 7) is 8.47. The van der Waals surface area contributed by atoms with Crippen molar-refractivity contribution in [3.8, 4) is 0 Å². The highest BCUT2D eigenvalue weighted by Gasteiger charge is 2.56. The molecule has 5 rings (SSSR count). The van der Waals surface area contributed by atoms with Gasteiger partial charge >= 0.3 is 0 Å². The molecule has 2 fully saturated rings. The third-order valence-corrected chi connectivity index (χ3v) is 8.33. The summed E-state index contributed by atoms with van der Waals surface area (Å²) < 4.78 is 14.5. The van der Waals surface area contributed by atoms with Crippen molar-refractivity contribution in [1.29, 1.82) is 0 Å². The van der Waals surface area contributed by atoms with Crippen molar-refractivity contribution in [2.45, 2.75) is 77.0 Å². The van der Waals surface area contributed by atoms with Crippen molar-refractivity contribution in [3.63, 3.8) is 0 Å². The number of amides is 1. The van der Waals surface area contributed by atoms with Crippen LogP contribution in [0.2, 0.25) is 5.02 Å². The molecule has 0 bridgehead atoms. The highest BCUT2D eigenvalue weighted by Crippen LogP contribution is 2.47. The highest BCUT2D eigenvalue weighted by atomic mass is 35.5. The van der Waals surface area contributed by atoms with Gasteiger partial charge in [-0.15, -0.1) is 11.3 Å². The average molecular weight is 518 g/mol. The SMILES string of the molecule is CCNC(=O)[C@@H]1C[C@H](n2cnc3c(NC(CC)Cc4sccc4Cl)ccnc32)[C@H]2OC(C)(C)O[C@H]21. The van der Waals surface area contributed by atoms with Gasteiger partial charge in [0.05, 0.1) is 29.0 Å². The fourth-order valence-corrected chi connectivity index (χ4v) is 6.49. The Kier molecular flexibility index (Phi) is 6.78. The van der Waals surface area contributed by atoms with Crippen LogP contribution in [0.15, 0.2) is 30.0 Å². The second kappa shape index (κ2) is 9.69. The summed E-state index contributed by atoms with van der Waals surface area (Å²) in [5.74, 6) is -1.03. The number of hydrogen-bond acceptors (Lipinski definition) is 7. The van der Waals surface area contributed by atoms with Crippen molar-refractivity contribution >= 4 is 45.7 Å². The van der Waals surface area contributed by atoms with Crippen LogP contribution in [0.1, 0.15) is 51.5 Å². The van der Waals surface area contributed by atoms with Crippen LogP contribution in [0.3, 0.4) is 0 Å². The number of hydrogen-bond donors (Lipinski definition) is 2. The van der Waals surface area contributed by atoms with Crippen LogP contribution in [0, 0.1) is 5.92 Å². The molecule has 4 heterocycles. The minimum absolute atomic E-state index is 0.00376. The Labute approximate surface area is 214 Å². The molecule has 2 N–H and O–H groups in total. The number of rotatable bonds is 8. The zero-order valence-electron chi connectivity index (χ0n) is 20.5. The first kappa shape index (κ1) is 24.5. The van der Waals surface area contributed by atoms with Crippen LogP contribution in [0.5, 0.6) is 0 Å². The molecule has 0 aromatic carbocycles. The standard InChI is InChI=1S/C25H32ClN5O3S/c1-5-14(11-19-16(26)8-10-35-19)30-17-7-9-28-23-20(17)29-13-31(23)18-12-15(24(32)27-6-2)21-22(18)34-25(3,4)33-21/h7-10,13-15,18,21-22H,5-6,11-12H2,1-4H3,(H,27,32)(H,28,30)/t14?,15-,18+,21+,22-/m1/s1. The maximum Gasteiger partial charge on any atom is 0.225 e. The maximum absolute atomic E-state index is 12.8. The summed E-state index contributed by atoms with van der Waals surface area (Å²) in [5.41, 5.74) is 2.51. The Hall–Kier alpha value is -2.20. The molecule has 35 heavy (non-hydrogen) atoms. The molecule has 1 saturated heterocycles. The molecule has 3 aromatic rings. The van der Waals surface area contributed by atoms with Crippen molar-refractivity contribution in [1.82, 2.24) is 19.9 Å². The number of halogens is 1. The second-order valence-electron chi connectivity index (χ2n) is 9.70. The van der Waals surface area contributed by atoms with E-state index in [9.17, 15) is 4.79 Å². The number of pyridine rings is 1. The number of ether oxygens (including phenoxy) is 2. The third kappa shape index (κ3) is 4.67. The van der Waals surface area contributed by atoms with Crippen LogP contribution in [-0.2, 0) is 20.7 Å². The van der Waals surface area contributed by atoms with Gasteiger partial charge in [0.1, 0.15) is 17.7 Å². The number of imidazole rings is 1. The number of thiophene rings is 1. The number of carbonyl (C=O) groups is 1. The summed E-state index contributed by atoms with van der Waals surface area (Å²) >= 11 is 8.02. The maximum atomic E-state index is 12.8. The Morgan fingerprint density at radius 2 is 2.09 bits per heavy atom. The van der Waals surface area contributed by atoms with Crippen LogP contribution in [0.25, 0.3) is 11.2 Å². The fourth-order valence-electron chi connectivity index (χ4n) is 5.29. The Morgan fingerprint density at radius 3 is 2.80 bits per heavy atom. The smallest absolute Gasteiger partial charge is 0.225 e. The molecule has 1 aliphatic heterocycles. The largest absolute Gasteiger partial charge is 0.380 e. The van der Waals surface area contributed by atoms with E-state index in [2.05, 4.69) is 27.1 Å². The Bertz CT molecular complexity index is 1210. The summed E-state index contributed by atoms with van der Waals surface area (Å²) in [6.07, 6.45) is 5.46. The number of aromatic nitrogens is 3. The van der Waals surface area contributed by atoms with Crippen molar-refractivity contribution in [2.75, 3.05) is 11.9 Å². The summed E-state index contributed by atoms with van der Waals surface area (Å²) in [4.78, 5) is 23.4. The molecule has 0 radical (unpaired) electrons. The van der Waals surface area contributed by atoms with Crippen molar-refractivity contribution < 1.29 is 14.3 Å². The molecule has 1 amide bonds. The molecule has 8 nitrogen and oxygen atoms in total. The molecule has 2 aliphatic rings. The van der Waals surface area contributed by atoms with Crippen molar-refractivity contribution in [3.05, 3.63) is 39.9 Å². The first-order valence-electron chi connectivity index (χ1n) is 12.2. The number of fused-ring (bicyclic) bond motifs is 2. The highest BCUT2D eigenvalue weighted by molar-refractivity contribution is 7.10. The van der Waals surface area contributed by atoms with E-state index < -0.39 is 5.79 Å². The van der Waals surface area contributed by atoms with Gasteiger partial charge in [-0.25, -0.2) is 9.97 Å². The predicted molar refractivity (Wildman–Crippen MR) is 138 cm³/mol. The number of nitrogens with zero attached hydrogens (tertiary/aromatic N) is 3. The molecule has 188 valence electrons. The van der Waals surface area contributed by atoms with Gasteiger partial charge in [-0.2, -0.15) is 0 Å². The molecule has 1 aliphatic carbocycles. The molecule has 5 atom stereocenters. The minimum Gasteiger partial charge on any atom is -0.380 e. The van der Waals surface area contributed by atoms with Gasteiger partial charge < -0.3 is 24.7 Å². The topological polar surface area (TPSA) is 90.3 Å². The van der Waals surface area contributed by atoms with Gasteiger partial charge in [0, 0.05) is 30.1 Å². The normalized spacial score (nSPS) is 26.1. The van der Waals surface area contributed by atoms with E-state index in [0.717, 1.165) is 34.7 Å². The van der Waals surface area contributed by atoms with E-state index in [1.165, 1.54) is 4.88 Å². The zero-order chi connectivity index (χ0) is 24.7. The first-order chi connectivity index (χ1) is 16.8. The quantitative estimate of drug-likeness (QED) is 0.446. The van der Waals surface area contributed by atoms with E-state index in [4.69, 9.17) is 26.1 Å². The average Bonchev–Trinajstić information content (AvgIpc) is 3.57. The van der Waals surface area contributed by atoms with Gasteiger partial charge in [-0.3, -0.25) is 4.79 Å². The molecular formula is C25H32ClN5O3S. The predicted octanol–water partition coefficient (Wildman–Crippen LogP) is 4.80. The van der Waals surface area contributed by atoms with E-state index in [0.29, 0.717) is 13.0 Å². The van der Waals surface area contributed by atoms with E-state index in [1.54, 1.807) is 17.5 Å². The molecule has 1 saturated carbocycles. The van der Waals surface area contributed by atoms with Crippen molar-refractivity contribution in [2.24, 2.45) is 5.92 Å². The fraction of sp³-hybridized carbons (Fsp3) is 0.560. The lowest BCUT2D eigenvalue weighted by Gasteiger charge is -2.24. The van der Waals surface area contributed by atoms with Gasteiger partial charge in [-0.1, -0.05) is 18.5 Å². The number of carbonyl (C=O) groups excluding carboxylic acids is 1. The molecule has 0 spiro atoms. The molecule has 1 unspecified atom stereocenters. The van der Waals surface area contributed by atoms with Crippen LogP contribution in [-0.4, -0.2) is 51.0 Å². The third-order valence-electron chi connectivity index (χ3n) is 6.92. The van der Waals surface area contributed by atoms with E-state index in [1.807, 2.05) is 44.6 Å². The Morgan fingerprint density at radius 1 is 1.29 bits per heavy atom. The zero-order valence-corrected chi connectivity index (χ0v) is 22.0. The molecule has 3 aromatic heterocycles. The van der Waals surface area contributed by atoms with Crippen LogP contribution in [0.4, 0.5) is 5.69 Å². The molecular weight excluding hydrogens is 486 g/mol. The lowest BCUT2D eigenvalue weighted by atomic mass is 10.0. The summed E-state index contributed by atoms with van der Waals surface area (Å²) in [7, 11) is 0. The van der Waals surface area contributed by atoms with Crippen LogP contribution < -0.4 is 10.6 Å². The van der Waals surface area contributed by atoms with Gasteiger partial charge in [0.2, 0.25) is 5.91 Å². The number of anilines is 1.